The van der Waals surface area contributed by atoms with Gasteiger partial charge < -0.3 is 0 Å². The minimum absolute atomic E-state index is 0.240. The second kappa shape index (κ2) is 3.50. The predicted molar refractivity (Wildman–Crippen MR) is 77.6 cm³/mol. The number of nitrogens with zero attached hydrogens (tertiary/aromatic N) is 2. The summed E-state index contributed by atoms with van der Waals surface area (Å²) in [5, 5.41) is 8.46. The van der Waals surface area contributed by atoms with Crippen LogP contribution in [0.4, 0.5) is 0 Å². The quantitative estimate of drug-likeness (QED) is 0.840. The minimum Gasteiger partial charge on any atom is -0.223 e. The molecule has 2 atom stereocenters. The molecule has 0 radical (unpaired) electrons. The normalized spacial score (nSPS) is 33.0. The Labute approximate surface area is 120 Å². The molecule has 1 fully saturated rings. The van der Waals surface area contributed by atoms with Crippen LogP contribution in [0, 0.1) is 12.3 Å². The molecule has 108 valence electrons. The van der Waals surface area contributed by atoms with Crippen LogP contribution in [0.15, 0.2) is 39.4 Å². The van der Waals surface area contributed by atoms with Gasteiger partial charge in [0.2, 0.25) is 0 Å². The van der Waals surface area contributed by atoms with Crippen LogP contribution in [0.3, 0.4) is 0 Å². The van der Waals surface area contributed by atoms with Crippen LogP contribution in [0.2, 0.25) is 0 Å². The second-order valence-corrected chi connectivity index (χ2v) is 9.07. The van der Waals surface area contributed by atoms with Crippen LogP contribution in [-0.2, 0) is 9.84 Å². The number of hydrogen-bond donors (Lipinski definition) is 0. The highest BCUT2D eigenvalue weighted by Gasteiger charge is 2.87. The summed E-state index contributed by atoms with van der Waals surface area (Å²) in [7, 11) is -3.48. The van der Waals surface area contributed by atoms with Crippen LogP contribution in [-0.4, -0.2) is 24.7 Å². The van der Waals surface area contributed by atoms with Crippen molar-refractivity contribution in [1.29, 1.82) is 0 Å². The fraction of sp³-hybridized carbons (Fsp3) is 0.600. The highest BCUT2D eigenvalue weighted by Crippen LogP contribution is 2.72. The van der Waals surface area contributed by atoms with Gasteiger partial charge in [-0.2, -0.15) is 10.2 Å². The van der Waals surface area contributed by atoms with Gasteiger partial charge in [0.05, 0.1) is 10.4 Å². The van der Waals surface area contributed by atoms with Gasteiger partial charge in [-0.15, -0.1) is 0 Å². The molecule has 1 aromatic carbocycles. The molecule has 4 nitrogen and oxygen atoms in total. The van der Waals surface area contributed by atoms with E-state index in [4.69, 9.17) is 0 Å². The number of hydrogen-bond acceptors (Lipinski definition) is 4. The smallest absolute Gasteiger partial charge is 0.189 e. The third-order valence-electron chi connectivity index (χ3n) is 5.03. The molecule has 0 N–H and O–H groups in total. The van der Waals surface area contributed by atoms with Crippen molar-refractivity contribution in [3.63, 3.8) is 0 Å². The van der Waals surface area contributed by atoms with Gasteiger partial charge in [0.25, 0.3) is 0 Å². The summed E-state index contributed by atoms with van der Waals surface area (Å²) >= 11 is 0. The van der Waals surface area contributed by atoms with Gasteiger partial charge in [-0.1, -0.05) is 31.5 Å². The zero-order chi connectivity index (χ0) is 15.0. The molecule has 3 rings (SSSR count). The molecular formula is C15H20N2O2S. The van der Waals surface area contributed by atoms with Crippen LogP contribution >= 0.6 is 0 Å². The van der Waals surface area contributed by atoms with Crippen LogP contribution in [0.5, 0.6) is 0 Å². The maximum absolute atomic E-state index is 13.2. The summed E-state index contributed by atoms with van der Waals surface area (Å²) in [4.78, 5) is 0.374. The summed E-state index contributed by atoms with van der Waals surface area (Å²) in [5.41, 5.74) is -0.0135. The summed E-state index contributed by atoms with van der Waals surface area (Å²) in [6, 6.07) is 6.82. The third kappa shape index (κ3) is 1.25. The van der Waals surface area contributed by atoms with Gasteiger partial charge in [0.15, 0.2) is 9.84 Å². The van der Waals surface area contributed by atoms with Crippen molar-refractivity contribution >= 4 is 9.84 Å². The summed E-state index contributed by atoms with van der Waals surface area (Å²) in [6.07, 6.45) is 0. The highest BCUT2D eigenvalue weighted by atomic mass is 32.2. The fourth-order valence-electron chi connectivity index (χ4n) is 4.05. The zero-order valence-electron chi connectivity index (χ0n) is 12.5. The minimum atomic E-state index is -3.48. The number of sulfone groups is 1. The van der Waals surface area contributed by atoms with E-state index in [2.05, 4.69) is 10.2 Å². The van der Waals surface area contributed by atoms with Gasteiger partial charge in [0.1, 0.15) is 10.8 Å². The third-order valence-corrected chi connectivity index (χ3v) is 8.02. The van der Waals surface area contributed by atoms with E-state index in [1.807, 2.05) is 46.8 Å². The van der Waals surface area contributed by atoms with E-state index in [0.29, 0.717) is 4.90 Å². The molecule has 0 bridgehead atoms. The molecule has 0 unspecified atom stereocenters. The van der Waals surface area contributed by atoms with E-state index in [-0.39, 0.29) is 11.5 Å². The molecule has 0 spiro atoms. The van der Waals surface area contributed by atoms with Crippen molar-refractivity contribution in [3.8, 4) is 0 Å². The maximum Gasteiger partial charge on any atom is 0.189 e. The SMILES string of the molecule is Cc1ccc(S(=O)(=O)[C@@]23[C@@H](N=NC2(C)C)C3(C)C)cc1. The fourth-order valence-corrected chi connectivity index (χ4v) is 6.99. The Morgan fingerprint density at radius 2 is 1.60 bits per heavy atom. The van der Waals surface area contributed by atoms with Crippen LogP contribution in [0.25, 0.3) is 0 Å². The Bertz CT molecular complexity index is 702. The monoisotopic (exact) mass is 292 g/mol. The lowest BCUT2D eigenvalue weighted by Crippen LogP contribution is -2.46. The lowest BCUT2D eigenvalue weighted by Gasteiger charge is -2.30. The van der Waals surface area contributed by atoms with E-state index >= 15 is 0 Å². The first kappa shape index (κ1) is 13.7. The molecule has 0 aromatic heterocycles. The lowest BCUT2D eigenvalue weighted by atomic mass is 9.93. The average Bonchev–Trinajstić information content (AvgIpc) is 2.67. The van der Waals surface area contributed by atoms with Crippen molar-refractivity contribution in [3.05, 3.63) is 29.8 Å². The van der Waals surface area contributed by atoms with Crippen molar-refractivity contribution in [2.24, 2.45) is 15.6 Å². The molecule has 1 aliphatic carbocycles. The number of benzene rings is 1. The van der Waals surface area contributed by atoms with Crippen molar-refractivity contribution < 1.29 is 8.42 Å². The molecule has 1 aromatic rings. The first-order valence-corrected chi connectivity index (χ1v) is 8.31. The van der Waals surface area contributed by atoms with E-state index in [1.54, 1.807) is 12.1 Å². The predicted octanol–water partition coefficient (Wildman–Crippen LogP) is 3.16. The summed E-state index contributed by atoms with van der Waals surface area (Å²) < 4.78 is 25.5. The number of rotatable bonds is 2. The van der Waals surface area contributed by atoms with Gasteiger partial charge >= 0.3 is 0 Å². The van der Waals surface area contributed by atoms with Crippen molar-refractivity contribution in [2.45, 2.75) is 55.8 Å². The van der Waals surface area contributed by atoms with Crippen molar-refractivity contribution in [2.75, 3.05) is 0 Å². The summed E-state index contributed by atoms with van der Waals surface area (Å²) in [5.74, 6) is 0. The molecule has 2 aliphatic rings. The molecule has 0 saturated heterocycles. The molecular weight excluding hydrogens is 272 g/mol. The number of azo groups is 1. The molecule has 0 amide bonds. The molecule has 20 heavy (non-hydrogen) atoms. The highest BCUT2D eigenvalue weighted by molar-refractivity contribution is 7.93. The van der Waals surface area contributed by atoms with Crippen LogP contribution < -0.4 is 0 Å². The van der Waals surface area contributed by atoms with Gasteiger partial charge in [-0.05, 0) is 32.9 Å². The lowest BCUT2D eigenvalue weighted by molar-refractivity contribution is 0.383. The van der Waals surface area contributed by atoms with E-state index < -0.39 is 20.1 Å². The molecule has 1 saturated carbocycles. The molecule has 5 heteroatoms. The van der Waals surface area contributed by atoms with E-state index in [9.17, 15) is 8.42 Å². The van der Waals surface area contributed by atoms with Gasteiger partial charge in [0, 0.05) is 5.41 Å². The van der Waals surface area contributed by atoms with Gasteiger partial charge in [-0.25, -0.2) is 8.42 Å². The first-order chi connectivity index (χ1) is 9.09. The van der Waals surface area contributed by atoms with E-state index in [0.717, 1.165) is 5.56 Å². The number of aryl methyl sites for hydroxylation is 1. The Hall–Kier alpha value is -1.23. The standard InChI is InChI=1S/C15H20N2O2S/c1-10-6-8-11(9-7-10)20(18,19)15-12(13(15,2)3)16-17-14(15,4)5/h6-9,12H,1-5H3/t12-,15+/m0/s1. The second-order valence-electron chi connectivity index (χ2n) is 6.95. The largest absolute Gasteiger partial charge is 0.223 e. The Kier molecular flexibility index (Phi) is 2.41. The Morgan fingerprint density at radius 3 is 2.05 bits per heavy atom. The topological polar surface area (TPSA) is 58.9 Å². The Balaban J connectivity index is 2.20. The van der Waals surface area contributed by atoms with Gasteiger partial charge in [-0.3, -0.25) is 0 Å². The average molecular weight is 292 g/mol. The summed E-state index contributed by atoms with van der Waals surface area (Å²) in [6.45, 7) is 9.64. The Morgan fingerprint density at radius 1 is 1.05 bits per heavy atom. The first-order valence-electron chi connectivity index (χ1n) is 6.82. The maximum atomic E-state index is 13.2. The van der Waals surface area contributed by atoms with Crippen LogP contribution in [0.1, 0.15) is 33.3 Å². The van der Waals surface area contributed by atoms with E-state index in [1.165, 1.54) is 0 Å². The zero-order valence-corrected chi connectivity index (χ0v) is 13.3. The molecule has 1 heterocycles. The molecule has 1 aliphatic heterocycles. The van der Waals surface area contributed by atoms with Crippen molar-refractivity contribution in [1.82, 2.24) is 0 Å². The number of fused-ring (bicyclic) bond motifs is 1.